The van der Waals surface area contributed by atoms with E-state index in [9.17, 15) is 13.2 Å². The fraction of sp³-hybridized carbons (Fsp3) is 0.800. The quantitative estimate of drug-likeness (QED) is 0.253. The van der Waals surface area contributed by atoms with E-state index in [0.717, 1.165) is 44.1 Å². The maximum Gasteiger partial charge on any atom is 0.397 e. The minimum atomic E-state index is -4.46. The largest absolute Gasteiger partial charge is 0.458 e. The first-order valence-corrected chi connectivity index (χ1v) is 13.5. The standard InChI is InChI=1S/C25H40O6S/c1-18-10-11-21-22(9-6-13-24(21,2)3)25(18,4)14-12-19(17-31-32(27,28)29)7-5-8-20-15-23(26)30-16-20/h9,15,18-19,21H,5-8,10-14,16-17H2,1-4H3,(H,27,28,29)/t18-,19+,21-,25-/m1/s1. The maximum absolute atomic E-state index is 11.2. The molecule has 182 valence electrons. The molecule has 3 aliphatic rings. The average Bonchev–Trinajstić information content (AvgIpc) is 3.11. The van der Waals surface area contributed by atoms with Crippen molar-refractivity contribution in [2.45, 2.75) is 85.5 Å². The van der Waals surface area contributed by atoms with Crippen LogP contribution in [0.5, 0.6) is 0 Å². The number of hydrogen-bond donors (Lipinski definition) is 1. The molecule has 1 fully saturated rings. The Kier molecular flexibility index (Phi) is 7.93. The van der Waals surface area contributed by atoms with Gasteiger partial charge in [0.25, 0.3) is 0 Å². The molecule has 0 radical (unpaired) electrons. The van der Waals surface area contributed by atoms with E-state index in [1.807, 2.05) is 0 Å². The summed E-state index contributed by atoms with van der Waals surface area (Å²) in [6.45, 7) is 9.89. The zero-order chi connectivity index (χ0) is 23.6. The lowest BCUT2D eigenvalue weighted by Gasteiger charge is -2.53. The van der Waals surface area contributed by atoms with Crippen LogP contribution in [-0.4, -0.2) is 32.2 Å². The van der Waals surface area contributed by atoms with Gasteiger partial charge in [0, 0.05) is 6.08 Å². The number of carbonyl (C=O) groups is 1. The lowest BCUT2D eigenvalue weighted by molar-refractivity contribution is -0.134. The Bertz CT molecular complexity index is 856. The monoisotopic (exact) mass is 468 g/mol. The van der Waals surface area contributed by atoms with Gasteiger partial charge in [-0.1, -0.05) is 39.3 Å². The van der Waals surface area contributed by atoms with E-state index in [4.69, 9.17) is 13.5 Å². The van der Waals surface area contributed by atoms with Crippen LogP contribution >= 0.6 is 0 Å². The molecule has 0 aromatic heterocycles. The third-order valence-electron chi connectivity index (χ3n) is 8.46. The van der Waals surface area contributed by atoms with Gasteiger partial charge in [-0.3, -0.25) is 4.55 Å². The van der Waals surface area contributed by atoms with E-state index in [0.29, 0.717) is 23.9 Å². The van der Waals surface area contributed by atoms with Crippen LogP contribution in [0.1, 0.15) is 85.5 Å². The second-order valence-corrected chi connectivity index (χ2v) is 12.1. The molecular weight excluding hydrogens is 428 g/mol. The molecule has 4 atom stereocenters. The fourth-order valence-electron chi connectivity index (χ4n) is 6.10. The van der Waals surface area contributed by atoms with Crippen molar-refractivity contribution in [3.8, 4) is 0 Å². The smallest absolute Gasteiger partial charge is 0.397 e. The van der Waals surface area contributed by atoms with E-state index in [1.54, 1.807) is 11.6 Å². The highest BCUT2D eigenvalue weighted by atomic mass is 32.3. The van der Waals surface area contributed by atoms with Gasteiger partial charge < -0.3 is 4.74 Å². The molecule has 32 heavy (non-hydrogen) atoms. The van der Waals surface area contributed by atoms with Gasteiger partial charge in [-0.05, 0) is 91.9 Å². The summed E-state index contributed by atoms with van der Waals surface area (Å²) in [7, 11) is -4.46. The summed E-state index contributed by atoms with van der Waals surface area (Å²) >= 11 is 0. The molecule has 0 aromatic carbocycles. The van der Waals surface area contributed by atoms with E-state index in [-0.39, 0.29) is 23.9 Å². The van der Waals surface area contributed by atoms with E-state index in [2.05, 4.69) is 33.8 Å². The van der Waals surface area contributed by atoms with Crippen LogP contribution in [0.4, 0.5) is 0 Å². The molecule has 2 aliphatic carbocycles. The molecule has 1 saturated carbocycles. The van der Waals surface area contributed by atoms with Crippen molar-refractivity contribution in [2.24, 2.45) is 28.6 Å². The molecule has 0 amide bonds. The highest BCUT2D eigenvalue weighted by Gasteiger charge is 2.47. The van der Waals surface area contributed by atoms with Crippen LogP contribution in [-0.2, 0) is 24.1 Å². The highest BCUT2D eigenvalue weighted by Crippen LogP contribution is 2.58. The number of cyclic esters (lactones) is 1. The number of carbonyl (C=O) groups excluding carboxylic acids is 1. The number of fused-ring (bicyclic) bond motifs is 1. The van der Waals surface area contributed by atoms with Gasteiger partial charge in [0.1, 0.15) is 6.61 Å². The second kappa shape index (κ2) is 9.98. The summed E-state index contributed by atoms with van der Waals surface area (Å²) in [5.41, 5.74) is 3.02. The maximum atomic E-state index is 11.2. The molecule has 0 aromatic rings. The van der Waals surface area contributed by atoms with E-state index >= 15 is 0 Å². The number of hydrogen-bond acceptors (Lipinski definition) is 5. The SMILES string of the molecule is C[C@@H]1CC[C@@H]2C(=CCCC2(C)C)[C@]1(C)CC[C@H](CCCC1=CC(=O)OC1)COS(=O)(=O)O. The molecule has 3 rings (SSSR count). The summed E-state index contributed by atoms with van der Waals surface area (Å²) < 4.78 is 41.2. The topological polar surface area (TPSA) is 89.9 Å². The first-order chi connectivity index (χ1) is 14.9. The van der Waals surface area contributed by atoms with Crippen molar-refractivity contribution in [1.29, 1.82) is 0 Å². The van der Waals surface area contributed by atoms with Crippen LogP contribution in [0.3, 0.4) is 0 Å². The minimum Gasteiger partial charge on any atom is -0.458 e. The van der Waals surface area contributed by atoms with Crippen molar-refractivity contribution in [3.05, 3.63) is 23.3 Å². The van der Waals surface area contributed by atoms with Crippen LogP contribution < -0.4 is 0 Å². The molecule has 7 heteroatoms. The zero-order valence-electron chi connectivity index (χ0n) is 20.1. The van der Waals surface area contributed by atoms with Crippen LogP contribution in [0.15, 0.2) is 23.3 Å². The first-order valence-electron chi connectivity index (χ1n) is 12.1. The first kappa shape index (κ1) is 25.4. The summed E-state index contributed by atoms with van der Waals surface area (Å²) in [5, 5.41) is 0. The Morgan fingerprint density at radius 1 is 1.25 bits per heavy atom. The molecular formula is C25H40O6S. The Morgan fingerprint density at radius 3 is 2.66 bits per heavy atom. The predicted octanol–water partition coefficient (Wildman–Crippen LogP) is 5.65. The lowest BCUT2D eigenvalue weighted by atomic mass is 9.52. The van der Waals surface area contributed by atoms with Crippen molar-refractivity contribution >= 4 is 16.4 Å². The molecule has 0 saturated heterocycles. The van der Waals surface area contributed by atoms with Gasteiger partial charge in [0.05, 0.1) is 6.61 Å². The van der Waals surface area contributed by atoms with Crippen LogP contribution in [0.25, 0.3) is 0 Å². The summed E-state index contributed by atoms with van der Waals surface area (Å²) in [4.78, 5) is 11.2. The summed E-state index contributed by atoms with van der Waals surface area (Å²) in [6, 6.07) is 0. The number of ether oxygens (including phenoxy) is 1. The van der Waals surface area contributed by atoms with Crippen molar-refractivity contribution in [2.75, 3.05) is 13.2 Å². The third kappa shape index (κ3) is 6.23. The van der Waals surface area contributed by atoms with Crippen molar-refractivity contribution in [1.82, 2.24) is 0 Å². The van der Waals surface area contributed by atoms with Gasteiger partial charge in [0.15, 0.2) is 0 Å². The van der Waals surface area contributed by atoms with Crippen molar-refractivity contribution in [3.63, 3.8) is 0 Å². The Balaban J connectivity index is 1.66. The zero-order valence-corrected chi connectivity index (χ0v) is 20.9. The third-order valence-corrected chi connectivity index (χ3v) is 8.90. The molecule has 0 unspecified atom stereocenters. The average molecular weight is 469 g/mol. The van der Waals surface area contributed by atoms with Crippen LogP contribution in [0.2, 0.25) is 0 Å². The van der Waals surface area contributed by atoms with Gasteiger partial charge in [-0.25, -0.2) is 8.98 Å². The molecule has 0 bridgehead atoms. The molecule has 1 N–H and O–H groups in total. The summed E-state index contributed by atoms with van der Waals surface area (Å²) in [6.07, 6.45) is 13.0. The Hall–Kier alpha value is -1.18. The molecule has 6 nitrogen and oxygen atoms in total. The predicted molar refractivity (Wildman–Crippen MR) is 124 cm³/mol. The lowest BCUT2D eigenvalue weighted by Crippen LogP contribution is -2.43. The molecule has 1 heterocycles. The second-order valence-electron chi connectivity index (χ2n) is 11.1. The molecule has 1 aliphatic heterocycles. The Morgan fingerprint density at radius 2 is 2.00 bits per heavy atom. The van der Waals surface area contributed by atoms with Gasteiger partial charge in [-0.15, -0.1) is 0 Å². The number of allylic oxidation sites excluding steroid dienone is 2. The fourth-order valence-corrected chi connectivity index (χ4v) is 6.46. The van der Waals surface area contributed by atoms with Gasteiger partial charge >= 0.3 is 16.4 Å². The van der Waals surface area contributed by atoms with Gasteiger partial charge in [0.2, 0.25) is 0 Å². The number of esters is 1. The minimum absolute atomic E-state index is 0.00819. The normalized spacial score (nSPS) is 30.8. The number of rotatable bonds is 10. The van der Waals surface area contributed by atoms with Gasteiger partial charge in [-0.2, -0.15) is 8.42 Å². The Labute approximate surface area is 193 Å². The van der Waals surface area contributed by atoms with Crippen molar-refractivity contribution < 1.29 is 26.7 Å². The molecule has 0 spiro atoms. The highest BCUT2D eigenvalue weighted by molar-refractivity contribution is 7.80. The summed E-state index contributed by atoms with van der Waals surface area (Å²) in [5.74, 6) is 0.937. The van der Waals surface area contributed by atoms with E-state index in [1.165, 1.54) is 19.3 Å². The van der Waals surface area contributed by atoms with E-state index < -0.39 is 10.4 Å². The van der Waals surface area contributed by atoms with Crippen LogP contribution in [0, 0.1) is 28.6 Å².